The maximum Gasteiger partial charge on any atom is 0.343 e. The molecule has 14 heteroatoms. The van der Waals surface area contributed by atoms with Crippen molar-refractivity contribution in [3.05, 3.63) is 53.1 Å². The molecule has 0 saturated carbocycles. The van der Waals surface area contributed by atoms with Crippen LogP contribution in [0.5, 0.6) is 5.75 Å². The molecule has 2 unspecified atom stereocenters. The number of nitrogens with zero attached hydrogens (tertiary/aromatic N) is 4. The van der Waals surface area contributed by atoms with Gasteiger partial charge in [-0.15, -0.1) is 0 Å². The molecule has 5 heterocycles. The van der Waals surface area contributed by atoms with Gasteiger partial charge >= 0.3 is 5.96 Å². The Kier molecular flexibility index (Phi) is 6.25. The molecule has 1 spiro atoms. The lowest BCUT2D eigenvalue weighted by Gasteiger charge is -2.43. The molecule has 216 valence electrons. The number of carbonyl (C=O) groups excluding carboxylic acids is 2. The number of aliphatic imine (C=N–C) groups is 1. The van der Waals surface area contributed by atoms with Crippen LogP contribution >= 0.6 is 0 Å². The summed E-state index contributed by atoms with van der Waals surface area (Å²) in [5.41, 5.74) is 13.3. The number of benzene rings is 1. The molecule has 2 amide bonds. The minimum absolute atomic E-state index is 0.0387. The van der Waals surface area contributed by atoms with Gasteiger partial charge in [0, 0.05) is 30.5 Å². The molecular weight excluding hydrogens is 528 g/mol. The van der Waals surface area contributed by atoms with Crippen LogP contribution in [0.2, 0.25) is 0 Å². The highest BCUT2D eigenvalue weighted by Crippen LogP contribution is 2.41. The lowest BCUT2D eigenvalue weighted by molar-refractivity contribution is -0.513. The first-order valence-electron chi connectivity index (χ1n) is 13.6. The minimum atomic E-state index is -1.21. The van der Waals surface area contributed by atoms with E-state index in [1.54, 1.807) is 24.0 Å². The number of nitrogens with one attached hydrogen (secondary N) is 4. The fraction of sp³-hybridized carbons (Fsp3) is 0.481. The number of aromatic nitrogens is 2. The molecule has 1 aromatic carbocycles. The summed E-state index contributed by atoms with van der Waals surface area (Å²) in [5.74, 6) is 0.149. The Bertz CT molecular complexity index is 1480. The van der Waals surface area contributed by atoms with Crippen molar-refractivity contribution in [2.75, 3.05) is 19.7 Å². The van der Waals surface area contributed by atoms with Gasteiger partial charge in [0.2, 0.25) is 11.5 Å². The Hall–Kier alpha value is -4.46. The molecule has 5 atom stereocenters. The Morgan fingerprint density at radius 1 is 1.27 bits per heavy atom. The van der Waals surface area contributed by atoms with Crippen molar-refractivity contribution in [3.8, 4) is 5.75 Å². The smallest absolute Gasteiger partial charge is 0.343 e. The average molecular weight is 564 g/mol. The summed E-state index contributed by atoms with van der Waals surface area (Å²) >= 11 is 0. The van der Waals surface area contributed by atoms with E-state index in [1.807, 2.05) is 12.1 Å². The van der Waals surface area contributed by atoms with E-state index in [-0.39, 0.29) is 42.2 Å². The molecule has 0 radical (unpaired) electrons. The van der Waals surface area contributed by atoms with Crippen LogP contribution in [0.3, 0.4) is 0 Å². The summed E-state index contributed by atoms with van der Waals surface area (Å²) in [4.78, 5) is 43.9. The molecule has 14 nitrogen and oxygen atoms in total. The maximum atomic E-state index is 13.6. The van der Waals surface area contributed by atoms with Crippen LogP contribution in [0, 0.1) is 6.92 Å². The zero-order valence-electron chi connectivity index (χ0n) is 23.1. The highest BCUT2D eigenvalue weighted by Gasteiger charge is 2.68. The minimum Gasteiger partial charge on any atom is -0.492 e. The van der Waals surface area contributed by atoms with E-state index in [4.69, 9.17) is 16.2 Å². The van der Waals surface area contributed by atoms with Crippen LogP contribution in [0.4, 0.5) is 0 Å². The number of amides is 2. The number of hydrogen-bond donors (Lipinski definition) is 7. The number of rotatable bonds is 5. The van der Waals surface area contributed by atoms with Gasteiger partial charge < -0.3 is 31.1 Å². The van der Waals surface area contributed by atoms with E-state index >= 15 is 0 Å². The van der Waals surface area contributed by atoms with E-state index in [0.717, 1.165) is 12.0 Å². The van der Waals surface area contributed by atoms with Gasteiger partial charge in [-0.25, -0.2) is 20.3 Å². The third-order valence-corrected chi connectivity index (χ3v) is 8.49. The maximum absolute atomic E-state index is 13.6. The fourth-order valence-electron chi connectivity index (χ4n) is 6.32. The Morgan fingerprint density at radius 3 is 2.85 bits per heavy atom. The first-order chi connectivity index (χ1) is 19.5. The molecule has 1 fully saturated rings. The van der Waals surface area contributed by atoms with Crippen molar-refractivity contribution in [1.82, 2.24) is 30.8 Å². The summed E-state index contributed by atoms with van der Waals surface area (Å²) in [5, 5.41) is 20.7. The van der Waals surface area contributed by atoms with Gasteiger partial charge in [0.1, 0.15) is 17.9 Å². The number of aliphatic hydroxyl groups excluding tert-OH is 1. The lowest BCUT2D eigenvalue weighted by atomic mass is 9.79. The van der Waals surface area contributed by atoms with Crippen LogP contribution in [0.1, 0.15) is 52.5 Å². The Morgan fingerprint density at radius 2 is 2.07 bits per heavy atom. The fourth-order valence-corrected chi connectivity index (χ4v) is 6.32. The first-order valence-corrected chi connectivity index (χ1v) is 13.6. The number of ether oxygens (including phenoxy) is 1. The predicted octanol–water partition coefficient (Wildman–Crippen LogP) is -3.19. The Labute approximate surface area is 236 Å². The SMILES string of the molecule is Cc1ccnc(C(=O)NC[C@@H]2N=C(N)N3CC(NC(=O)c4cccc5c4OCCC5(C)C)[C@@H](O)C34NC(N)=[NH+][C@@H]24)n1. The molecule has 6 rings (SSSR count). The summed E-state index contributed by atoms with van der Waals surface area (Å²) in [6.07, 6.45) is 1.22. The number of fused-ring (bicyclic) bond motifs is 1. The van der Waals surface area contributed by atoms with Crippen molar-refractivity contribution >= 4 is 23.7 Å². The predicted molar refractivity (Wildman–Crippen MR) is 148 cm³/mol. The van der Waals surface area contributed by atoms with Crippen molar-refractivity contribution in [1.29, 1.82) is 0 Å². The first kappa shape index (κ1) is 26.7. The topological polar surface area (TPSA) is 207 Å². The third kappa shape index (κ3) is 4.29. The lowest BCUT2D eigenvalue weighted by Crippen LogP contribution is -2.88. The van der Waals surface area contributed by atoms with Crippen LogP contribution in [-0.2, 0) is 5.41 Å². The number of nitrogens with two attached hydrogens (primary N) is 2. The summed E-state index contributed by atoms with van der Waals surface area (Å²) in [6, 6.07) is 5.34. The van der Waals surface area contributed by atoms with Gasteiger partial charge in [-0.3, -0.25) is 20.3 Å². The molecule has 9 N–H and O–H groups in total. The number of para-hydroxylation sites is 1. The van der Waals surface area contributed by atoms with Gasteiger partial charge in [0.15, 0.2) is 12.0 Å². The molecule has 41 heavy (non-hydrogen) atoms. The molecular formula is C27H35N10O4+. The Balaban J connectivity index is 1.23. The second-order valence-electron chi connectivity index (χ2n) is 11.6. The molecule has 0 bridgehead atoms. The van der Waals surface area contributed by atoms with E-state index < -0.39 is 35.8 Å². The highest BCUT2D eigenvalue weighted by atomic mass is 16.5. The largest absolute Gasteiger partial charge is 0.492 e. The van der Waals surface area contributed by atoms with Crippen molar-refractivity contribution in [3.63, 3.8) is 0 Å². The van der Waals surface area contributed by atoms with Crippen LogP contribution < -0.4 is 37.1 Å². The molecule has 2 aromatic rings. The number of carbonyl (C=O) groups is 2. The quantitative estimate of drug-likeness (QED) is 0.194. The van der Waals surface area contributed by atoms with Crippen molar-refractivity contribution in [2.45, 2.75) is 62.5 Å². The van der Waals surface area contributed by atoms with Gasteiger partial charge in [-0.2, -0.15) is 0 Å². The molecule has 1 saturated heterocycles. The molecule has 0 aliphatic carbocycles. The second-order valence-corrected chi connectivity index (χ2v) is 11.6. The van der Waals surface area contributed by atoms with E-state index in [0.29, 0.717) is 23.6 Å². The van der Waals surface area contributed by atoms with Gasteiger partial charge in [-0.05, 0) is 30.9 Å². The van der Waals surface area contributed by atoms with Gasteiger partial charge in [-0.1, -0.05) is 26.0 Å². The third-order valence-electron chi connectivity index (χ3n) is 8.49. The second kappa shape index (κ2) is 9.58. The van der Waals surface area contributed by atoms with Crippen LogP contribution in [-0.4, -0.2) is 93.3 Å². The van der Waals surface area contributed by atoms with Gasteiger partial charge in [0.05, 0.1) is 18.2 Å². The number of aliphatic hydroxyl groups is 1. The molecule has 1 aromatic heterocycles. The summed E-state index contributed by atoms with van der Waals surface area (Å²) in [6.45, 7) is 6.79. The summed E-state index contributed by atoms with van der Waals surface area (Å²) in [7, 11) is 0. The van der Waals surface area contributed by atoms with Crippen molar-refractivity contribution in [2.24, 2.45) is 16.5 Å². The highest BCUT2D eigenvalue weighted by molar-refractivity contribution is 5.98. The zero-order chi connectivity index (χ0) is 29.1. The number of aryl methyl sites for hydroxylation is 1. The standard InChI is InChI=1S/C27H34N10O4/c1-13-7-9-30-21(32-13)23(40)31-11-16-19-27(36-24(28)35-19)20(38)17(12-37(27)25(29)34-16)33-22(39)14-5-4-6-15-18(14)41-10-8-26(15,2)3/h4-7,9,16-17,19-20,38H,8,10-12H2,1-3H3,(H2,29,34)(H,31,40)(H,33,39)(H3,28,35,36)/p+1/t16-,17?,19-,20+,27?/m0/s1. The average Bonchev–Trinajstić information content (AvgIpc) is 3.43. The normalized spacial score (nSPS) is 29.1. The number of guanidine groups is 2. The monoisotopic (exact) mass is 563 g/mol. The van der Waals surface area contributed by atoms with Gasteiger partial charge in [0.25, 0.3) is 11.8 Å². The molecule has 4 aliphatic rings. The zero-order valence-corrected chi connectivity index (χ0v) is 23.1. The summed E-state index contributed by atoms with van der Waals surface area (Å²) < 4.78 is 5.94. The van der Waals surface area contributed by atoms with Crippen LogP contribution in [0.15, 0.2) is 35.5 Å². The number of hydrogen-bond acceptors (Lipinski definition) is 11. The van der Waals surface area contributed by atoms with E-state index in [2.05, 4.69) is 49.8 Å². The van der Waals surface area contributed by atoms with E-state index in [9.17, 15) is 14.7 Å². The molecule has 4 aliphatic heterocycles. The van der Waals surface area contributed by atoms with Crippen molar-refractivity contribution < 1.29 is 24.4 Å². The van der Waals surface area contributed by atoms with Crippen LogP contribution in [0.25, 0.3) is 0 Å². The van der Waals surface area contributed by atoms with E-state index in [1.165, 1.54) is 6.20 Å².